The van der Waals surface area contributed by atoms with Crippen LogP contribution in [0.25, 0.3) is 0 Å². The van der Waals surface area contributed by atoms with Crippen molar-refractivity contribution in [3.8, 4) is 0 Å². The van der Waals surface area contributed by atoms with E-state index >= 15 is 0 Å². The number of benzene rings is 2. The van der Waals surface area contributed by atoms with Crippen LogP contribution in [0, 0.1) is 12.7 Å². The topological polar surface area (TPSA) is 37.4 Å². The molecule has 0 spiro atoms. The first-order chi connectivity index (χ1) is 11.9. The molecule has 0 amide bonds. The van der Waals surface area contributed by atoms with E-state index in [0.717, 1.165) is 17.5 Å². The second kappa shape index (κ2) is 7.44. The number of hydrogen-bond acceptors (Lipinski definition) is 2. The fourth-order valence-corrected chi connectivity index (χ4v) is 5.59. The molecule has 0 N–H and O–H groups in total. The van der Waals surface area contributed by atoms with Crippen molar-refractivity contribution in [2.24, 2.45) is 0 Å². The Balaban J connectivity index is 2.02. The van der Waals surface area contributed by atoms with Crippen LogP contribution < -0.4 is 0 Å². The largest absolute Gasteiger partial charge is 0.243 e. The number of hydrogen-bond donors (Lipinski definition) is 0. The van der Waals surface area contributed by atoms with Crippen LogP contribution in [0.3, 0.4) is 0 Å². The van der Waals surface area contributed by atoms with Crippen LogP contribution in [0.1, 0.15) is 36.4 Å². The Labute approximate surface area is 153 Å². The summed E-state index contributed by atoms with van der Waals surface area (Å²) in [5.74, 6) is 0.0766. The smallest absolute Gasteiger partial charge is 0.207 e. The van der Waals surface area contributed by atoms with Gasteiger partial charge in [-0.1, -0.05) is 29.8 Å². The summed E-state index contributed by atoms with van der Waals surface area (Å²) in [6.45, 7) is 1.92. The molecule has 1 fully saturated rings. The van der Waals surface area contributed by atoms with Crippen molar-refractivity contribution < 1.29 is 12.8 Å². The quantitative estimate of drug-likeness (QED) is 0.706. The van der Waals surface area contributed by atoms with E-state index in [0.29, 0.717) is 18.7 Å². The molecule has 0 aliphatic carbocycles. The van der Waals surface area contributed by atoms with Crippen LogP contribution in [0.4, 0.5) is 4.39 Å². The minimum atomic E-state index is -3.65. The van der Waals surface area contributed by atoms with Crippen LogP contribution in [0.2, 0.25) is 0 Å². The Bertz CT molecular complexity index is 822. The molecule has 3 nitrogen and oxygen atoms in total. The van der Waals surface area contributed by atoms with Gasteiger partial charge >= 0.3 is 0 Å². The first-order valence-electron chi connectivity index (χ1n) is 8.35. The van der Waals surface area contributed by atoms with Gasteiger partial charge in [-0.3, -0.25) is 0 Å². The molecule has 2 atom stereocenters. The van der Waals surface area contributed by atoms with Crippen molar-refractivity contribution >= 4 is 21.6 Å². The van der Waals surface area contributed by atoms with Crippen LogP contribution in [0.5, 0.6) is 0 Å². The summed E-state index contributed by atoms with van der Waals surface area (Å²) in [4.78, 5) is 0.284. The zero-order valence-electron chi connectivity index (χ0n) is 14.0. The lowest BCUT2D eigenvalue weighted by molar-refractivity contribution is 0.320. The van der Waals surface area contributed by atoms with Crippen LogP contribution >= 0.6 is 11.6 Å². The molecule has 3 rings (SSSR count). The Morgan fingerprint density at radius 1 is 1.08 bits per heavy atom. The van der Waals surface area contributed by atoms with E-state index in [1.165, 1.54) is 12.1 Å². The summed E-state index contributed by atoms with van der Waals surface area (Å²) in [5, 5.41) is 0. The third kappa shape index (κ3) is 3.73. The highest BCUT2D eigenvalue weighted by molar-refractivity contribution is 7.89. The Hall–Kier alpha value is -1.43. The average molecular weight is 382 g/mol. The first kappa shape index (κ1) is 18.4. The van der Waals surface area contributed by atoms with E-state index in [-0.39, 0.29) is 22.8 Å². The van der Waals surface area contributed by atoms with E-state index in [9.17, 15) is 12.8 Å². The molecular weight excluding hydrogens is 361 g/mol. The lowest BCUT2D eigenvalue weighted by atomic mass is 10.1. The Morgan fingerprint density at radius 3 is 2.32 bits per heavy atom. The van der Waals surface area contributed by atoms with Crippen molar-refractivity contribution in [3.05, 3.63) is 65.5 Å². The third-order valence-electron chi connectivity index (χ3n) is 4.73. The van der Waals surface area contributed by atoms with Crippen LogP contribution in [-0.2, 0) is 10.0 Å². The molecule has 1 heterocycles. The molecule has 2 unspecified atom stereocenters. The molecule has 0 aromatic heterocycles. The van der Waals surface area contributed by atoms with Crippen LogP contribution in [0.15, 0.2) is 53.4 Å². The van der Waals surface area contributed by atoms with E-state index in [4.69, 9.17) is 11.6 Å². The number of sulfonamides is 1. The van der Waals surface area contributed by atoms with Gasteiger partial charge in [0.05, 0.1) is 10.9 Å². The highest BCUT2D eigenvalue weighted by atomic mass is 35.5. The van der Waals surface area contributed by atoms with Gasteiger partial charge < -0.3 is 0 Å². The maximum Gasteiger partial charge on any atom is 0.243 e. The van der Waals surface area contributed by atoms with Gasteiger partial charge in [0.2, 0.25) is 10.0 Å². The van der Waals surface area contributed by atoms with Crippen molar-refractivity contribution in [1.29, 1.82) is 0 Å². The minimum Gasteiger partial charge on any atom is -0.207 e. The molecule has 1 aliphatic rings. The van der Waals surface area contributed by atoms with Gasteiger partial charge in [0.1, 0.15) is 5.82 Å². The number of nitrogens with zero attached hydrogens (tertiary/aromatic N) is 1. The number of alkyl halides is 1. The van der Waals surface area contributed by atoms with E-state index in [2.05, 4.69) is 0 Å². The van der Waals surface area contributed by atoms with Gasteiger partial charge in [0.15, 0.2) is 0 Å². The van der Waals surface area contributed by atoms with E-state index in [1.807, 2.05) is 6.92 Å². The zero-order valence-corrected chi connectivity index (χ0v) is 15.6. The minimum absolute atomic E-state index is 0.140. The predicted molar refractivity (Wildman–Crippen MR) is 97.7 cm³/mol. The molecule has 1 aliphatic heterocycles. The predicted octanol–water partition coefficient (Wildman–Crippen LogP) is 4.66. The summed E-state index contributed by atoms with van der Waals surface area (Å²) in [6.07, 6.45) is 2.06. The molecule has 2 aromatic rings. The lowest BCUT2D eigenvalue weighted by Gasteiger charge is -2.29. The van der Waals surface area contributed by atoms with Gasteiger partial charge in [-0.2, -0.15) is 4.31 Å². The van der Waals surface area contributed by atoms with Gasteiger partial charge in [-0.25, -0.2) is 12.8 Å². The molecule has 0 bridgehead atoms. The van der Waals surface area contributed by atoms with Gasteiger partial charge in [-0.05, 0) is 56.0 Å². The second-order valence-electron chi connectivity index (χ2n) is 6.42. The Morgan fingerprint density at radius 2 is 1.72 bits per heavy atom. The summed E-state index contributed by atoms with van der Waals surface area (Å²) in [5.41, 5.74) is 1.82. The fourth-order valence-electron chi connectivity index (χ4n) is 3.45. The molecular formula is C19H21ClFNO2S. The van der Waals surface area contributed by atoms with Gasteiger partial charge in [0.25, 0.3) is 0 Å². The number of rotatable bonds is 5. The molecule has 2 aromatic carbocycles. The maximum atomic E-state index is 13.3. The van der Waals surface area contributed by atoms with Gasteiger partial charge in [0, 0.05) is 11.9 Å². The number of halogens is 2. The molecule has 134 valence electrons. The zero-order chi connectivity index (χ0) is 18.0. The third-order valence-corrected chi connectivity index (χ3v) is 6.93. The lowest BCUT2D eigenvalue weighted by Crippen LogP contribution is -2.37. The van der Waals surface area contributed by atoms with Gasteiger partial charge in [-0.15, -0.1) is 11.6 Å². The summed E-state index contributed by atoms with van der Waals surface area (Å²) in [7, 11) is -3.65. The summed E-state index contributed by atoms with van der Waals surface area (Å²) < 4.78 is 41.4. The van der Waals surface area contributed by atoms with Crippen molar-refractivity contribution in [1.82, 2.24) is 4.31 Å². The second-order valence-corrected chi connectivity index (χ2v) is 8.65. The molecule has 25 heavy (non-hydrogen) atoms. The Kier molecular flexibility index (Phi) is 5.46. The van der Waals surface area contributed by atoms with Crippen LogP contribution in [-0.4, -0.2) is 24.6 Å². The van der Waals surface area contributed by atoms with E-state index < -0.39 is 10.0 Å². The molecule has 0 radical (unpaired) electrons. The molecule has 1 saturated heterocycles. The van der Waals surface area contributed by atoms with Crippen molar-refractivity contribution in [3.63, 3.8) is 0 Å². The highest BCUT2D eigenvalue weighted by Gasteiger charge is 2.42. The summed E-state index contributed by atoms with van der Waals surface area (Å²) in [6, 6.07) is 12.5. The summed E-state index contributed by atoms with van der Waals surface area (Å²) >= 11 is 5.91. The SMILES string of the molecule is Cc1ccc(S(=O)(=O)N2C(CCCl)CCC2c2ccc(F)cc2)cc1. The standard InChI is InChI=1S/C19H21ClFNO2S/c1-14-2-9-18(10-3-14)25(23,24)22-17(12-13-20)8-11-19(22)15-4-6-16(21)7-5-15/h2-7,9-10,17,19H,8,11-13H2,1H3. The maximum absolute atomic E-state index is 13.3. The van der Waals surface area contributed by atoms with Crippen molar-refractivity contribution in [2.45, 2.75) is 43.2 Å². The fraction of sp³-hybridized carbons (Fsp3) is 0.368. The average Bonchev–Trinajstić information content (AvgIpc) is 3.01. The van der Waals surface area contributed by atoms with E-state index in [1.54, 1.807) is 40.7 Å². The monoisotopic (exact) mass is 381 g/mol. The first-order valence-corrected chi connectivity index (χ1v) is 10.3. The highest BCUT2D eigenvalue weighted by Crippen LogP contribution is 2.41. The van der Waals surface area contributed by atoms with Crippen molar-refractivity contribution in [2.75, 3.05) is 5.88 Å². The number of aryl methyl sites for hydroxylation is 1. The molecule has 0 saturated carbocycles. The molecule has 6 heteroatoms. The normalized spacial score (nSPS) is 21.6.